The zero-order chi connectivity index (χ0) is 11.6. The standard InChI is InChI=1S/C12H17N3S/c1-3-12(2,8-13)15-11-9-5-7-16-10(9)4-6-14-11/h4-7H,3,8,13H2,1-2H3,(H,14,15). The van der Waals surface area contributed by atoms with Gasteiger partial charge in [-0.1, -0.05) is 6.92 Å². The third-order valence-electron chi connectivity index (χ3n) is 3.03. The van der Waals surface area contributed by atoms with Crippen LogP contribution in [0.15, 0.2) is 23.7 Å². The van der Waals surface area contributed by atoms with E-state index in [1.807, 2.05) is 12.3 Å². The molecule has 16 heavy (non-hydrogen) atoms. The molecule has 2 aromatic heterocycles. The summed E-state index contributed by atoms with van der Waals surface area (Å²) in [7, 11) is 0. The molecular formula is C12H17N3S. The van der Waals surface area contributed by atoms with Gasteiger partial charge in [-0.3, -0.25) is 0 Å². The molecule has 2 heterocycles. The van der Waals surface area contributed by atoms with E-state index in [4.69, 9.17) is 5.73 Å². The number of hydrogen-bond donors (Lipinski definition) is 2. The molecule has 0 fully saturated rings. The molecule has 0 radical (unpaired) electrons. The van der Waals surface area contributed by atoms with Gasteiger partial charge in [-0.25, -0.2) is 4.98 Å². The van der Waals surface area contributed by atoms with Crippen LogP contribution in [0.2, 0.25) is 0 Å². The summed E-state index contributed by atoms with van der Waals surface area (Å²) in [5.74, 6) is 0.938. The zero-order valence-corrected chi connectivity index (χ0v) is 10.5. The number of fused-ring (bicyclic) bond motifs is 1. The van der Waals surface area contributed by atoms with Gasteiger partial charge in [0.15, 0.2) is 0 Å². The van der Waals surface area contributed by atoms with Crippen LogP contribution in [0.5, 0.6) is 0 Å². The van der Waals surface area contributed by atoms with Gasteiger partial charge in [0, 0.05) is 28.4 Å². The molecule has 0 spiro atoms. The molecule has 2 rings (SSSR count). The second-order valence-corrected chi connectivity index (χ2v) is 5.18. The SMILES string of the molecule is CCC(C)(CN)Nc1nccc2sccc12. The quantitative estimate of drug-likeness (QED) is 0.856. The van der Waals surface area contributed by atoms with Crippen LogP contribution < -0.4 is 11.1 Å². The molecule has 2 aromatic rings. The smallest absolute Gasteiger partial charge is 0.135 e. The molecule has 0 saturated heterocycles. The number of rotatable bonds is 4. The van der Waals surface area contributed by atoms with E-state index in [0.29, 0.717) is 6.54 Å². The fraction of sp³-hybridized carbons (Fsp3) is 0.417. The maximum absolute atomic E-state index is 5.80. The molecule has 3 nitrogen and oxygen atoms in total. The normalized spacial score (nSPS) is 14.9. The molecule has 4 heteroatoms. The predicted molar refractivity (Wildman–Crippen MR) is 71.0 cm³/mol. The number of thiophene rings is 1. The summed E-state index contributed by atoms with van der Waals surface area (Å²) in [6, 6.07) is 4.14. The highest BCUT2D eigenvalue weighted by Gasteiger charge is 2.20. The van der Waals surface area contributed by atoms with E-state index in [-0.39, 0.29) is 5.54 Å². The highest BCUT2D eigenvalue weighted by Crippen LogP contribution is 2.28. The number of anilines is 1. The average Bonchev–Trinajstić information content (AvgIpc) is 2.78. The number of nitrogens with one attached hydrogen (secondary N) is 1. The fourth-order valence-corrected chi connectivity index (χ4v) is 2.35. The fourth-order valence-electron chi connectivity index (χ4n) is 1.56. The van der Waals surface area contributed by atoms with Crippen molar-refractivity contribution in [3.05, 3.63) is 23.7 Å². The Labute approximate surface area is 99.7 Å². The van der Waals surface area contributed by atoms with E-state index in [0.717, 1.165) is 12.2 Å². The third-order valence-corrected chi connectivity index (χ3v) is 3.91. The van der Waals surface area contributed by atoms with E-state index in [2.05, 4.69) is 35.6 Å². The van der Waals surface area contributed by atoms with Gasteiger partial charge in [-0.15, -0.1) is 11.3 Å². The van der Waals surface area contributed by atoms with E-state index < -0.39 is 0 Å². The van der Waals surface area contributed by atoms with Crippen molar-refractivity contribution < 1.29 is 0 Å². The van der Waals surface area contributed by atoms with Gasteiger partial charge in [0.1, 0.15) is 5.82 Å². The number of aromatic nitrogens is 1. The summed E-state index contributed by atoms with van der Waals surface area (Å²) in [6.07, 6.45) is 2.82. The highest BCUT2D eigenvalue weighted by molar-refractivity contribution is 7.17. The summed E-state index contributed by atoms with van der Waals surface area (Å²) in [5.41, 5.74) is 5.72. The number of pyridine rings is 1. The Morgan fingerprint density at radius 3 is 3.00 bits per heavy atom. The van der Waals surface area contributed by atoms with Crippen LogP contribution in [-0.4, -0.2) is 17.1 Å². The van der Waals surface area contributed by atoms with Gasteiger partial charge in [0.05, 0.1) is 0 Å². The second-order valence-electron chi connectivity index (χ2n) is 4.24. The van der Waals surface area contributed by atoms with Gasteiger partial charge in [-0.2, -0.15) is 0 Å². The van der Waals surface area contributed by atoms with Crippen LogP contribution in [0.4, 0.5) is 5.82 Å². The highest BCUT2D eigenvalue weighted by atomic mass is 32.1. The molecule has 86 valence electrons. The van der Waals surface area contributed by atoms with Crippen LogP contribution in [-0.2, 0) is 0 Å². The van der Waals surface area contributed by atoms with Crippen molar-refractivity contribution in [2.75, 3.05) is 11.9 Å². The maximum Gasteiger partial charge on any atom is 0.135 e. The predicted octanol–water partition coefficient (Wildman–Crippen LogP) is 2.84. The van der Waals surface area contributed by atoms with Crippen molar-refractivity contribution in [1.82, 2.24) is 4.98 Å². The van der Waals surface area contributed by atoms with Gasteiger partial charge in [0.25, 0.3) is 0 Å². The lowest BCUT2D eigenvalue weighted by molar-refractivity contribution is 0.505. The van der Waals surface area contributed by atoms with Crippen molar-refractivity contribution in [2.24, 2.45) is 5.73 Å². The van der Waals surface area contributed by atoms with Crippen LogP contribution in [0.3, 0.4) is 0 Å². The Morgan fingerprint density at radius 1 is 1.50 bits per heavy atom. The first-order valence-corrected chi connectivity index (χ1v) is 6.37. The Kier molecular flexibility index (Phi) is 3.12. The Hall–Kier alpha value is -1.13. The molecule has 1 atom stereocenters. The minimum atomic E-state index is -0.0801. The lowest BCUT2D eigenvalue weighted by atomic mass is 9.99. The first kappa shape index (κ1) is 11.4. The van der Waals surface area contributed by atoms with Gasteiger partial charge in [0.2, 0.25) is 0 Å². The summed E-state index contributed by atoms with van der Waals surface area (Å²) >= 11 is 1.73. The summed E-state index contributed by atoms with van der Waals surface area (Å²) < 4.78 is 1.26. The topological polar surface area (TPSA) is 50.9 Å². The summed E-state index contributed by atoms with van der Waals surface area (Å²) in [5, 5.41) is 6.72. The number of hydrogen-bond acceptors (Lipinski definition) is 4. The molecular weight excluding hydrogens is 218 g/mol. The molecule has 3 N–H and O–H groups in total. The molecule has 0 saturated carbocycles. The number of nitrogens with two attached hydrogens (primary N) is 1. The van der Waals surface area contributed by atoms with Crippen LogP contribution in [0.25, 0.3) is 10.1 Å². The van der Waals surface area contributed by atoms with E-state index in [9.17, 15) is 0 Å². The van der Waals surface area contributed by atoms with Crippen LogP contribution in [0, 0.1) is 0 Å². The third kappa shape index (κ3) is 2.03. The van der Waals surface area contributed by atoms with Crippen molar-refractivity contribution in [3.63, 3.8) is 0 Å². The van der Waals surface area contributed by atoms with Crippen molar-refractivity contribution in [3.8, 4) is 0 Å². The van der Waals surface area contributed by atoms with E-state index in [1.54, 1.807) is 11.3 Å². The minimum absolute atomic E-state index is 0.0801. The van der Waals surface area contributed by atoms with Crippen LogP contribution >= 0.6 is 11.3 Å². The number of nitrogens with zero attached hydrogens (tertiary/aromatic N) is 1. The molecule has 0 aromatic carbocycles. The Balaban J connectivity index is 2.37. The van der Waals surface area contributed by atoms with Crippen molar-refractivity contribution >= 4 is 27.2 Å². The van der Waals surface area contributed by atoms with Crippen LogP contribution in [0.1, 0.15) is 20.3 Å². The molecule has 0 aliphatic heterocycles. The van der Waals surface area contributed by atoms with Gasteiger partial charge in [-0.05, 0) is 30.9 Å². The lowest BCUT2D eigenvalue weighted by Gasteiger charge is -2.28. The second kappa shape index (κ2) is 4.39. The first-order chi connectivity index (χ1) is 7.68. The summed E-state index contributed by atoms with van der Waals surface area (Å²) in [4.78, 5) is 4.40. The van der Waals surface area contributed by atoms with Crippen molar-refractivity contribution in [1.29, 1.82) is 0 Å². The average molecular weight is 235 g/mol. The molecule has 0 bridgehead atoms. The minimum Gasteiger partial charge on any atom is -0.363 e. The summed E-state index contributed by atoms with van der Waals surface area (Å²) in [6.45, 7) is 4.86. The van der Waals surface area contributed by atoms with Crippen molar-refractivity contribution in [2.45, 2.75) is 25.8 Å². The molecule has 1 unspecified atom stereocenters. The molecule has 0 aliphatic rings. The maximum atomic E-state index is 5.80. The molecule has 0 amide bonds. The zero-order valence-electron chi connectivity index (χ0n) is 9.66. The Bertz CT molecular complexity index is 474. The monoisotopic (exact) mass is 235 g/mol. The van der Waals surface area contributed by atoms with E-state index in [1.165, 1.54) is 10.1 Å². The van der Waals surface area contributed by atoms with Gasteiger partial charge >= 0.3 is 0 Å². The van der Waals surface area contributed by atoms with E-state index >= 15 is 0 Å². The van der Waals surface area contributed by atoms with Gasteiger partial charge < -0.3 is 11.1 Å². The Morgan fingerprint density at radius 2 is 2.31 bits per heavy atom. The molecule has 0 aliphatic carbocycles. The largest absolute Gasteiger partial charge is 0.363 e. The first-order valence-electron chi connectivity index (χ1n) is 5.49. The lowest BCUT2D eigenvalue weighted by Crippen LogP contribution is -2.42.